The van der Waals surface area contributed by atoms with Crippen LogP contribution in [0.3, 0.4) is 0 Å². The van der Waals surface area contributed by atoms with Crippen molar-refractivity contribution in [1.82, 2.24) is 9.80 Å². The van der Waals surface area contributed by atoms with E-state index in [-0.39, 0.29) is 30.4 Å². The second-order valence-electron chi connectivity index (χ2n) is 6.00. The van der Waals surface area contributed by atoms with Crippen LogP contribution in [0.2, 0.25) is 0 Å². The Morgan fingerprint density at radius 3 is 2.33 bits per heavy atom. The molecule has 0 aromatic carbocycles. The molecule has 7 heteroatoms. The van der Waals surface area contributed by atoms with E-state index in [1.165, 1.54) is 7.11 Å². The second kappa shape index (κ2) is 9.95. The molecule has 0 saturated carbocycles. The van der Waals surface area contributed by atoms with E-state index in [0.717, 1.165) is 5.57 Å². The largest absolute Gasteiger partial charge is 0.469 e. The van der Waals surface area contributed by atoms with Crippen molar-refractivity contribution in [3.63, 3.8) is 0 Å². The van der Waals surface area contributed by atoms with Crippen LogP contribution in [0.4, 0.5) is 4.79 Å². The molecule has 0 aromatic rings. The Balaban J connectivity index is 2.70. The van der Waals surface area contributed by atoms with Crippen molar-refractivity contribution in [2.24, 2.45) is 0 Å². The van der Waals surface area contributed by atoms with Gasteiger partial charge >= 0.3 is 12.1 Å². The molecule has 0 aliphatic carbocycles. The molecule has 0 spiro atoms. The van der Waals surface area contributed by atoms with Crippen molar-refractivity contribution in [3.8, 4) is 0 Å². The summed E-state index contributed by atoms with van der Waals surface area (Å²) in [5, 5.41) is 0. The first kappa shape index (κ1) is 20.0. The molecule has 1 rings (SSSR count). The highest BCUT2D eigenvalue weighted by Gasteiger charge is 2.29. The van der Waals surface area contributed by atoms with Gasteiger partial charge in [0.2, 0.25) is 5.91 Å². The summed E-state index contributed by atoms with van der Waals surface area (Å²) in [5.74, 6) is -0.442. The second-order valence-corrected chi connectivity index (χ2v) is 6.00. The van der Waals surface area contributed by atoms with Crippen molar-refractivity contribution in [2.45, 2.75) is 46.1 Å². The summed E-state index contributed by atoms with van der Waals surface area (Å²) < 4.78 is 9.67. The molecule has 1 saturated heterocycles. The quantitative estimate of drug-likeness (QED) is 0.546. The zero-order chi connectivity index (χ0) is 18.1. The van der Waals surface area contributed by atoms with Crippen molar-refractivity contribution >= 4 is 18.0 Å². The molecule has 2 amide bonds. The molecule has 1 fully saturated rings. The number of allylic oxidation sites excluding steroid dienone is 1. The van der Waals surface area contributed by atoms with Gasteiger partial charge in [-0.05, 0) is 33.6 Å². The van der Waals surface area contributed by atoms with Crippen LogP contribution in [0.1, 0.15) is 40.0 Å². The lowest BCUT2D eigenvalue weighted by atomic mass is 10.0. The molecule has 0 radical (unpaired) electrons. The average Bonchev–Trinajstić information content (AvgIpc) is 2.54. The van der Waals surface area contributed by atoms with Crippen molar-refractivity contribution in [1.29, 1.82) is 0 Å². The number of likely N-dealkylation sites (tertiary alicyclic amines) is 1. The molecule has 1 aliphatic rings. The number of methoxy groups -OCH3 is 1. The highest BCUT2D eigenvalue weighted by atomic mass is 16.6. The van der Waals surface area contributed by atoms with Gasteiger partial charge in [0.25, 0.3) is 0 Å². The number of carbonyl (C=O) groups is 3. The Bertz CT molecular complexity index is 477. The van der Waals surface area contributed by atoms with E-state index < -0.39 is 0 Å². The van der Waals surface area contributed by atoms with E-state index in [4.69, 9.17) is 4.74 Å². The zero-order valence-corrected chi connectivity index (χ0v) is 15.0. The van der Waals surface area contributed by atoms with Gasteiger partial charge < -0.3 is 19.3 Å². The first-order chi connectivity index (χ1) is 11.4. The number of amides is 2. The van der Waals surface area contributed by atoms with Gasteiger partial charge in [-0.2, -0.15) is 0 Å². The minimum atomic E-state index is -0.339. The smallest absolute Gasteiger partial charge is 0.409 e. The predicted molar refractivity (Wildman–Crippen MR) is 89.4 cm³/mol. The van der Waals surface area contributed by atoms with E-state index >= 15 is 0 Å². The fraction of sp³-hybridized carbons (Fsp3) is 0.706. The summed E-state index contributed by atoms with van der Waals surface area (Å²) in [6.07, 6.45) is 2.77. The maximum Gasteiger partial charge on any atom is 0.409 e. The third kappa shape index (κ3) is 6.22. The molecule has 24 heavy (non-hydrogen) atoms. The number of ether oxygens (including phenoxy) is 2. The molecular formula is C17H28N2O5. The predicted octanol–water partition coefficient (Wildman–Crippen LogP) is 1.97. The normalized spacial score (nSPS) is 14.8. The Morgan fingerprint density at radius 2 is 1.83 bits per heavy atom. The molecule has 1 aliphatic heterocycles. The third-order valence-corrected chi connectivity index (χ3v) is 3.91. The SMILES string of the molecule is CCOC(=O)N1CCC(N(CCC(=O)OC)C(=O)C=C(C)C)CC1. The summed E-state index contributed by atoms with van der Waals surface area (Å²) >= 11 is 0. The van der Waals surface area contributed by atoms with Gasteiger partial charge in [0.15, 0.2) is 0 Å². The molecular weight excluding hydrogens is 312 g/mol. The van der Waals surface area contributed by atoms with Gasteiger partial charge in [-0.15, -0.1) is 0 Å². The number of nitrogens with zero attached hydrogens (tertiary/aromatic N) is 2. The highest BCUT2D eigenvalue weighted by Crippen LogP contribution is 2.19. The molecule has 0 atom stereocenters. The van der Waals surface area contributed by atoms with Crippen LogP contribution in [0.5, 0.6) is 0 Å². The van der Waals surface area contributed by atoms with Crippen molar-refractivity contribution in [3.05, 3.63) is 11.6 Å². The topological polar surface area (TPSA) is 76.2 Å². The maximum absolute atomic E-state index is 12.5. The van der Waals surface area contributed by atoms with Crippen LogP contribution in [0.15, 0.2) is 11.6 Å². The maximum atomic E-state index is 12.5. The molecule has 1 heterocycles. The van der Waals surface area contributed by atoms with Gasteiger partial charge in [0, 0.05) is 31.8 Å². The third-order valence-electron chi connectivity index (χ3n) is 3.91. The van der Waals surface area contributed by atoms with Crippen molar-refractivity contribution in [2.75, 3.05) is 33.4 Å². The van der Waals surface area contributed by atoms with Gasteiger partial charge in [0.05, 0.1) is 20.1 Å². The minimum Gasteiger partial charge on any atom is -0.469 e. The van der Waals surface area contributed by atoms with Gasteiger partial charge in [0.1, 0.15) is 0 Å². The van der Waals surface area contributed by atoms with Crippen LogP contribution in [0, 0.1) is 0 Å². The Morgan fingerprint density at radius 1 is 1.21 bits per heavy atom. The van der Waals surface area contributed by atoms with E-state index in [1.54, 1.807) is 22.8 Å². The van der Waals surface area contributed by atoms with Crippen LogP contribution < -0.4 is 0 Å². The van der Waals surface area contributed by atoms with Crippen LogP contribution >= 0.6 is 0 Å². The molecule has 7 nitrogen and oxygen atoms in total. The molecule has 0 unspecified atom stereocenters. The van der Waals surface area contributed by atoms with Crippen molar-refractivity contribution < 1.29 is 23.9 Å². The fourth-order valence-electron chi connectivity index (χ4n) is 2.69. The van der Waals surface area contributed by atoms with Crippen LogP contribution in [-0.2, 0) is 19.1 Å². The Kier molecular flexibility index (Phi) is 8.29. The summed E-state index contributed by atoms with van der Waals surface area (Å²) in [6, 6.07) is 0.00318. The molecule has 0 bridgehead atoms. The number of esters is 1. The first-order valence-electron chi connectivity index (χ1n) is 8.33. The number of hydrogen-bond acceptors (Lipinski definition) is 5. The van der Waals surface area contributed by atoms with Crippen LogP contribution in [-0.4, -0.2) is 67.2 Å². The van der Waals surface area contributed by atoms with E-state index in [9.17, 15) is 14.4 Å². The molecule has 0 N–H and O–H groups in total. The number of rotatable bonds is 6. The highest BCUT2D eigenvalue weighted by molar-refractivity contribution is 5.88. The Labute approximate surface area is 143 Å². The van der Waals surface area contributed by atoms with E-state index in [2.05, 4.69) is 4.74 Å². The fourth-order valence-corrected chi connectivity index (χ4v) is 2.69. The lowest BCUT2D eigenvalue weighted by molar-refractivity contribution is -0.141. The van der Waals surface area contributed by atoms with Gasteiger partial charge in [-0.3, -0.25) is 9.59 Å². The summed E-state index contributed by atoms with van der Waals surface area (Å²) in [5.41, 5.74) is 0.909. The summed E-state index contributed by atoms with van der Waals surface area (Å²) in [6.45, 7) is 7.25. The zero-order valence-electron chi connectivity index (χ0n) is 15.0. The number of hydrogen-bond donors (Lipinski definition) is 0. The monoisotopic (exact) mass is 340 g/mol. The van der Waals surface area contributed by atoms with Gasteiger partial charge in [-0.25, -0.2) is 4.79 Å². The molecule has 0 aromatic heterocycles. The minimum absolute atomic E-state index is 0.00318. The first-order valence-corrected chi connectivity index (χ1v) is 8.33. The van der Waals surface area contributed by atoms with Crippen LogP contribution in [0.25, 0.3) is 0 Å². The lowest BCUT2D eigenvalue weighted by Gasteiger charge is -2.37. The van der Waals surface area contributed by atoms with E-state index in [0.29, 0.717) is 39.1 Å². The summed E-state index contributed by atoms with van der Waals surface area (Å²) in [7, 11) is 1.34. The van der Waals surface area contributed by atoms with Gasteiger partial charge in [-0.1, -0.05) is 5.57 Å². The lowest BCUT2D eigenvalue weighted by Crippen LogP contribution is -2.49. The number of piperidine rings is 1. The summed E-state index contributed by atoms with van der Waals surface area (Å²) in [4.78, 5) is 39.0. The number of carbonyl (C=O) groups excluding carboxylic acids is 3. The molecule has 136 valence electrons. The average molecular weight is 340 g/mol. The Hall–Kier alpha value is -2.05. The standard InChI is InChI=1S/C17H28N2O5/c1-5-24-17(22)18-9-6-14(7-10-18)19(11-8-16(21)23-4)15(20)12-13(2)3/h12,14H,5-11H2,1-4H3. The van der Waals surface area contributed by atoms with E-state index in [1.807, 2.05) is 13.8 Å².